The SMILES string of the molecule is [Cl-].[Ni+][CH](CCPc1ccccc1)Pc1ccccc1. The van der Waals surface area contributed by atoms with Gasteiger partial charge < -0.3 is 12.4 Å². The number of halogens is 1. The number of hydrogen-bond acceptors (Lipinski definition) is 0. The van der Waals surface area contributed by atoms with Crippen molar-refractivity contribution in [3.05, 3.63) is 60.7 Å². The van der Waals surface area contributed by atoms with E-state index in [1.807, 2.05) is 0 Å². The molecule has 0 saturated heterocycles. The minimum absolute atomic E-state index is 0. The minimum atomic E-state index is 0. The maximum atomic E-state index is 5.23. The summed E-state index contributed by atoms with van der Waals surface area (Å²) in [7, 11) is 1.69. The van der Waals surface area contributed by atoms with Crippen LogP contribution in [0.5, 0.6) is 0 Å². The van der Waals surface area contributed by atoms with Crippen LogP contribution in [0.4, 0.5) is 0 Å². The monoisotopic (exact) mass is 352 g/mol. The summed E-state index contributed by atoms with van der Waals surface area (Å²) in [6, 6.07) is 21.3. The summed E-state index contributed by atoms with van der Waals surface area (Å²) < 4.78 is 0.434. The summed E-state index contributed by atoms with van der Waals surface area (Å²) in [4.78, 5) is 0. The van der Waals surface area contributed by atoms with E-state index in [0.717, 1.165) is 17.2 Å². The van der Waals surface area contributed by atoms with Crippen LogP contribution in [0.3, 0.4) is 0 Å². The standard InChI is InChI=1S/C15H17P2.ClH.Ni/c1-3-8-14(9-4-1)16-12-7-13-17-15-10-5-2-6-11-15;;/h1-6,8-12,16-17H,7,13H2;1H;/q;;+1/p-1. The van der Waals surface area contributed by atoms with Crippen molar-refractivity contribution in [1.82, 2.24) is 0 Å². The topological polar surface area (TPSA) is 0 Å². The van der Waals surface area contributed by atoms with Gasteiger partial charge in [-0.05, 0) is 0 Å². The molecule has 0 aliphatic heterocycles. The summed E-state index contributed by atoms with van der Waals surface area (Å²) in [5, 5.41) is 2.85. The predicted molar refractivity (Wildman–Crippen MR) is 82.1 cm³/mol. The molecule has 0 radical (unpaired) electrons. The molecule has 2 rings (SSSR count). The van der Waals surface area contributed by atoms with E-state index in [9.17, 15) is 0 Å². The molecule has 19 heavy (non-hydrogen) atoms. The molecule has 0 aromatic heterocycles. The molecule has 0 saturated carbocycles. The normalized spacial score (nSPS) is 12.9. The van der Waals surface area contributed by atoms with Gasteiger partial charge in [0, 0.05) is 0 Å². The molecule has 0 aliphatic rings. The number of rotatable bonds is 6. The molecule has 2 aromatic rings. The van der Waals surface area contributed by atoms with Crippen molar-refractivity contribution in [3.8, 4) is 0 Å². The third-order valence-corrected chi connectivity index (χ3v) is 5.81. The Balaban J connectivity index is 0.00000180. The van der Waals surface area contributed by atoms with Crippen molar-refractivity contribution in [2.24, 2.45) is 0 Å². The van der Waals surface area contributed by atoms with E-state index in [1.54, 1.807) is 0 Å². The fraction of sp³-hybridized carbons (Fsp3) is 0.200. The van der Waals surface area contributed by atoms with Gasteiger partial charge in [0.25, 0.3) is 0 Å². The van der Waals surface area contributed by atoms with E-state index in [-0.39, 0.29) is 12.4 Å². The van der Waals surface area contributed by atoms with Crippen molar-refractivity contribution in [2.75, 3.05) is 6.16 Å². The predicted octanol–water partition coefficient (Wildman–Crippen LogP) is 0.261. The van der Waals surface area contributed by atoms with E-state index in [4.69, 9.17) is 15.5 Å². The Morgan fingerprint density at radius 1 is 0.842 bits per heavy atom. The van der Waals surface area contributed by atoms with Crippen LogP contribution in [0, 0.1) is 0 Å². The molecule has 0 fully saturated rings. The van der Waals surface area contributed by atoms with Gasteiger partial charge in [0.15, 0.2) is 0 Å². The van der Waals surface area contributed by atoms with Crippen LogP contribution in [0.1, 0.15) is 6.42 Å². The van der Waals surface area contributed by atoms with Crippen LogP contribution < -0.4 is 23.0 Å². The van der Waals surface area contributed by atoms with E-state index in [1.165, 1.54) is 23.2 Å². The Kier molecular flexibility index (Phi) is 8.93. The first-order valence-electron chi connectivity index (χ1n) is 6.05. The average Bonchev–Trinajstić information content (AvgIpc) is 2.41. The van der Waals surface area contributed by atoms with Gasteiger partial charge in [-0.2, -0.15) is 0 Å². The van der Waals surface area contributed by atoms with Crippen molar-refractivity contribution in [3.63, 3.8) is 0 Å². The summed E-state index contributed by atoms with van der Waals surface area (Å²) in [5.74, 6) is 0. The van der Waals surface area contributed by atoms with Crippen LogP contribution in [-0.2, 0) is 15.5 Å². The average molecular weight is 353 g/mol. The second-order valence-corrected chi connectivity index (χ2v) is 8.16. The van der Waals surface area contributed by atoms with Gasteiger partial charge in [0.05, 0.1) is 0 Å². The van der Waals surface area contributed by atoms with Crippen molar-refractivity contribution in [2.45, 2.75) is 11.0 Å². The molecular weight excluding hydrogens is 336 g/mol. The summed E-state index contributed by atoms with van der Waals surface area (Å²) in [6.45, 7) is 0. The molecule has 0 aliphatic carbocycles. The Morgan fingerprint density at radius 2 is 1.37 bits per heavy atom. The fourth-order valence-electron chi connectivity index (χ4n) is 1.67. The first-order valence-corrected chi connectivity index (χ1v) is 8.91. The third kappa shape index (κ3) is 6.88. The van der Waals surface area contributed by atoms with Crippen molar-refractivity contribution >= 4 is 27.8 Å². The first kappa shape index (κ1) is 17.1. The van der Waals surface area contributed by atoms with Crippen molar-refractivity contribution in [1.29, 1.82) is 0 Å². The Hall–Kier alpha value is 0.0835. The van der Waals surface area contributed by atoms with Gasteiger partial charge in [0.2, 0.25) is 0 Å². The maximum absolute atomic E-state index is 5.23. The van der Waals surface area contributed by atoms with Gasteiger partial charge in [-0.25, -0.2) is 0 Å². The van der Waals surface area contributed by atoms with E-state index < -0.39 is 0 Å². The molecule has 0 bridgehead atoms. The molecule has 3 unspecified atom stereocenters. The molecule has 4 heteroatoms. The van der Waals surface area contributed by atoms with E-state index >= 15 is 0 Å². The molecule has 3 atom stereocenters. The van der Waals surface area contributed by atoms with Gasteiger partial charge in [-0.15, -0.1) is 0 Å². The van der Waals surface area contributed by atoms with Gasteiger partial charge >= 0.3 is 121 Å². The van der Waals surface area contributed by atoms with Crippen LogP contribution in [0.25, 0.3) is 0 Å². The Labute approximate surface area is 133 Å². The molecule has 2 aromatic carbocycles. The Bertz CT molecular complexity index is 450. The summed E-state index contributed by atoms with van der Waals surface area (Å²) in [5.41, 5.74) is 0. The summed E-state index contributed by atoms with van der Waals surface area (Å²) >= 11 is 5.23. The van der Waals surface area contributed by atoms with Crippen LogP contribution in [0.15, 0.2) is 60.7 Å². The van der Waals surface area contributed by atoms with Gasteiger partial charge in [-0.1, -0.05) is 0 Å². The first-order chi connectivity index (χ1) is 8.84. The second kappa shape index (κ2) is 9.90. The van der Waals surface area contributed by atoms with E-state index in [2.05, 4.69) is 60.7 Å². The molecule has 104 valence electrons. The third-order valence-electron chi connectivity index (χ3n) is 2.57. The second-order valence-electron chi connectivity index (χ2n) is 4.02. The quantitative estimate of drug-likeness (QED) is 0.516. The van der Waals surface area contributed by atoms with Gasteiger partial charge in [0.1, 0.15) is 0 Å². The summed E-state index contributed by atoms with van der Waals surface area (Å²) in [6.07, 6.45) is 2.40. The molecule has 0 spiro atoms. The molecular formula is C15H17ClNiP2. The number of hydrogen-bond donors (Lipinski definition) is 0. The van der Waals surface area contributed by atoms with Crippen LogP contribution in [-0.4, -0.2) is 10.8 Å². The zero-order chi connectivity index (χ0) is 12.6. The molecule has 0 heterocycles. The Morgan fingerprint density at radius 3 is 1.95 bits per heavy atom. The van der Waals surface area contributed by atoms with Gasteiger partial charge in [-0.3, -0.25) is 0 Å². The van der Waals surface area contributed by atoms with Crippen molar-refractivity contribution < 1.29 is 27.9 Å². The molecule has 0 amide bonds. The molecule has 0 nitrogen and oxygen atoms in total. The molecule has 0 N–H and O–H groups in total. The van der Waals surface area contributed by atoms with E-state index in [0.29, 0.717) is 4.63 Å². The van der Waals surface area contributed by atoms with Crippen LogP contribution >= 0.6 is 17.2 Å². The zero-order valence-electron chi connectivity index (χ0n) is 10.5. The zero-order valence-corrected chi connectivity index (χ0v) is 14.2. The van der Waals surface area contributed by atoms with Crippen LogP contribution in [0.2, 0.25) is 0 Å². The number of benzene rings is 2. The fourth-order valence-corrected chi connectivity index (χ4v) is 4.99.